The fourth-order valence-electron chi connectivity index (χ4n) is 3.53. The van der Waals surface area contributed by atoms with Crippen molar-refractivity contribution in [3.63, 3.8) is 0 Å². The summed E-state index contributed by atoms with van der Waals surface area (Å²) < 4.78 is 40.6. The average Bonchev–Trinajstić information content (AvgIpc) is 3.19. The standard InChI is InChI=1S/C19H19F2N5O2/c1-27-13-6-7-16(28-2)14(10-13)18-19-22-23-24-26(19)9-8-25(18)11-12-4-3-5-15(20)17(12)21/h3-7,10,18H,8-9,11H2,1-2H3. The number of nitrogens with zero attached hydrogens (tertiary/aromatic N) is 5. The highest BCUT2D eigenvalue weighted by molar-refractivity contribution is 5.44. The third-order valence-corrected chi connectivity index (χ3v) is 4.90. The van der Waals surface area contributed by atoms with Gasteiger partial charge in [0, 0.05) is 24.2 Å². The molecule has 1 atom stereocenters. The van der Waals surface area contributed by atoms with Gasteiger partial charge < -0.3 is 9.47 Å². The summed E-state index contributed by atoms with van der Waals surface area (Å²) in [6.45, 7) is 1.29. The van der Waals surface area contributed by atoms with Crippen LogP contribution in [0.15, 0.2) is 36.4 Å². The third kappa shape index (κ3) is 3.18. The van der Waals surface area contributed by atoms with Crippen molar-refractivity contribution in [2.24, 2.45) is 0 Å². The number of hydrogen-bond acceptors (Lipinski definition) is 6. The molecule has 2 aromatic carbocycles. The lowest BCUT2D eigenvalue weighted by molar-refractivity contribution is 0.159. The average molecular weight is 387 g/mol. The molecule has 0 bridgehead atoms. The number of benzene rings is 2. The monoisotopic (exact) mass is 387 g/mol. The molecule has 0 spiro atoms. The Bertz CT molecular complexity index is 994. The van der Waals surface area contributed by atoms with Crippen molar-refractivity contribution in [2.75, 3.05) is 20.8 Å². The number of rotatable bonds is 5. The van der Waals surface area contributed by atoms with Gasteiger partial charge in [0.15, 0.2) is 17.5 Å². The summed E-state index contributed by atoms with van der Waals surface area (Å²) in [4.78, 5) is 2.00. The Morgan fingerprint density at radius 1 is 1.11 bits per heavy atom. The molecule has 1 aromatic heterocycles. The van der Waals surface area contributed by atoms with Crippen LogP contribution >= 0.6 is 0 Å². The number of ether oxygens (including phenoxy) is 2. The van der Waals surface area contributed by atoms with E-state index in [4.69, 9.17) is 9.47 Å². The Morgan fingerprint density at radius 3 is 2.75 bits per heavy atom. The summed E-state index contributed by atoms with van der Waals surface area (Å²) in [5.41, 5.74) is 1.06. The van der Waals surface area contributed by atoms with Crippen LogP contribution in [0.2, 0.25) is 0 Å². The van der Waals surface area contributed by atoms with Gasteiger partial charge in [-0.15, -0.1) is 5.10 Å². The summed E-state index contributed by atoms with van der Waals surface area (Å²) in [5.74, 6) is 0.178. The molecule has 7 nitrogen and oxygen atoms in total. The van der Waals surface area contributed by atoms with Gasteiger partial charge in [-0.1, -0.05) is 12.1 Å². The number of halogens is 2. The zero-order chi connectivity index (χ0) is 19.7. The van der Waals surface area contributed by atoms with Gasteiger partial charge in [0.25, 0.3) is 0 Å². The molecule has 146 valence electrons. The van der Waals surface area contributed by atoms with Crippen molar-refractivity contribution in [3.05, 3.63) is 65.0 Å². The van der Waals surface area contributed by atoms with Gasteiger partial charge in [0.1, 0.15) is 17.5 Å². The van der Waals surface area contributed by atoms with Crippen LogP contribution in [-0.4, -0.2) is 45.9 Å². The van der Waals surface area contributed by atoms with E-state index in [1.54, 1.807) is 37.1 Å². The molecule has 9 heteroatoms. The predicted octanol–water partition coefficient (Wildman–Crippen LogP) is 2.57. The minimum Gasteiger partial charge on any atom is -0.497 e. The van der Waals surface area contributed by atoms with E-state index in [-0.39, 0.29) is 12.1 Å². The lowest BCUT2D eigenvalue weighted by Crippen LogP contribution is -2.39. The van der Waals surface area contributed by atoms with Crippen molar-refractivity contribution in [1.29, 1.82) is 0 Å². The van der Waals surface area contributed by atoms with Crippen molar-refractivity contribution < 1.29 is 18.3 Å². The Hall–Kier alpha value is -3.07. The number of aromatic nitrogens is 4. The fourth-order valence-corrected chi connectivity index (χ4v) is 3.53. The van der Waals surface area contributed by atoms with E-state index >= 15 is 0 Å². The molecule has 4 rings (SSSR count). The highest BCUT2D eigenvalue weighted by Gasteiger charge is 2.34. The summed E-state index contributed by atoms with van der Waals surface area (Å²) in [5, 5.41) is 12.0. The smallest absolute Gasteiger partial charge is 0.173 e. The summed E-state index contributed by atoms with van der Waals surface area (Å²) in [6.07, 6.45) is 0. The van der Waals surface area contributed by atoms with Gasteiger partial charge in [0.05, 0.1) is 20.8 Å². The second-order valence-corrected chi connectivity index (χ2v) is 6.45. The lowest BCUT2D eigenvalue weighted by atomic mass is 10.00. The maximum Gasteiger partial charge on any atom is 0.173 e. The topological polar surface area (TPSA) is 65.3 Å². The van der Waals surface area contributed by atoms with Crippen LogP contribution in [0.25, 0.3) is 0 Å². The largest absolute Gasteiger partial charge is 0.497 e. The zero-order valence-corrected chi connectivity index (χ0v) is 15.5. The molecule has 28 heavy (non-hydrogen) atoms. The maximum absolute atomic E-state index is 14.3. The van der Waals surface area contributed by atoms with Gasteiger partial charge in [-0.05, 0) is 34.7 Å². The summed E-state index contributed by atoms with van der Waals surface area (Å²) in [7, 11) is 3.16. The number of tetrazole rings is 1. The second-order valence-electron chi connectivity index (χ2n) is 6.45. The number of fused-ring (bicyclic) bond motifs is 1. The first-order valence-electron chi connectivity index (χ1n) is 8.77. The van der Waals surface area contributed by atoms with Crippen molar-refractivity contribution in [2.45, 2.75) is 19.1 Å². The van der Waals surface area contributed by atoms with Crippen LogP contribution in [0.4, 0.5) is 8.78 Å². The number of hydrogen-bond donors (Lipinski definition) is 0. The van der Waals surface area contributed by atoms with Crippen molar-refractivity contribution in [3.8, 4) is 11.5 Å². The molecule has 0 saturated carbocycles. The van der Waals surface area contributed by atoms with E-state index in [1.807, 2.05) is 11.0 Å². The molecule has 0 amide bonds. The molecule has 1 aliphatic heterocycles. The minimum absolute atomic E-state index is 0.196. The lowest BCUT2D eigenvalue weighted by Gasteiger charge is -2.35. The Morgan fingerprint density at radius 2 is 1.96 bits per heavy atom. The van der Waals surface area contributed by atoms with Crippen molar-refractivity contribution >= 4 is 0 Å². The molecule has 3 aromatic rings. The molecule has 0 radical (unpaired) electrons. The zero-order valence-electron chi connectivity index (χ0n) is 15.5. The molecule has 0 fully saturated rings. The summed E-state index contributed by atoms with van der Waals surface area (Å²) in [6, 6.07) is 9.24. The van der Waals surface area contributed by atoms with E-state index in [0.717, 1.165) is 11.6 Å². The highest BCUT2D eigenvalue weighted by Crippen LogP contribution is 2.38. The molecule has 1 aliphatic rings. The van der Waals surface area contributed by atoms with Crippen LogP contribution in [-0.2, 0) is 13.1 Å². The quantitative estimate of drug-likeness (QED) is 0.671. The third-order valence-electron chi connectivity index (χ3n) is 4.90. The highest BCUT2D eigenvalue weighted by atomic mass is 19.2. The molecule has 0 N–H and O–H groups in total. The molecule has 1 unspecified atom stereocenters. The first kappa shape index (κ1) is 18.3. The van der Waals surface area contributed by atoms with Crippen LogP contribution in [0, 0.1) is 11.6 Å². The molecule has 2 heterocycles. The normalized spacial score (nSPS) is 16.6. The SMILES string of the molecule is COc1ccc(OC)c(C2c3nnnn3CCN2Cc2cccc(F)c2F)c1. The van der Waals surface area contributed by atoms with E-state index < -0.39 is 17.7 Å². The predicted molar refractivity (Wildman–Crippen MR) is 96.0 cm³/mol. The molecule has 0 saturated heterocycles. The Labute approximate surface area is 160 Å². The van der Waals surface area contributed by atoms with E-state index in [2.05, 4.69) is 15.5 Å². The minimum atomic E-state index is -0.866. The molecular formula is C19H19F2N5O2. The van der Waals surface area contributed by atoms with Crippen molar-refractivity contribution in [1.82, 2.24) is 25.1 Å². The fraction of sp³-hybridized carbons (Fsp3) is 0.316. The van der Waals surface area contributed by atoms with E-state index in [9.17, 15) is 8.78 Å². The first-order valence-corrected chi connectivity index (χ1v) is 8.77. The van der Waals surface area contributed by atoms with E-state index in [0.29, 0.717) is 30.4 Å². The second kappa shape index (κ2) is 7.51. The molecular weight excluding hydrogens is 368 g/mol. The number of methoxy groups -OCH3 is 2. The van der Waals surface area contributed by atoms with Gasteiger partial charge in [0.2, 0.25) is 0 Å². The Kier molecular flexibility index (Phi) is 4.91. The Balaban J connectivity index is 1.80. The summed E-state index contributed by atoms with van der Waals surface area (Å²) >= 11 is 0. The maximum atomic E-state index is 14.3. The van der Waals surface area contributed by atoms with Crippen LogP contribution in [0.5, 0.6) is 11.5 Å². The van der Waals surface area contributed by atoms with Gasteiger partial charge in [-0.3, -0.25) is 4.90 Å². The van der Waals surface area contributed by atoms with Crippen LogP contribution < -0.4 is 9.47 Å². The van der Waals surface area contributed by atoms with Gasteiger partial charge in [-0.2, -0.15) is 0 Å². The van der Waals surface area contributed by atoms with Gasteiger partial charge >= 0.3 is 0 Å². The van der Waals surface area contributed by atoms with Gasteiger partial charge in [-0.25, -0.2) is 13.5 Å². The van der Waals surface area contributed by atoms with E-state index in [1.165, 1.54) is 6.07 Å². The molecule has 0 aliphatic carbocycles. The van der Waals surface area contributed by atoms with Crippen LogP contribution in [0.1, 0.15) is 23.0 Å². The first-order chi connectivity index (χ1) is 13.6. The van der Waals surface area contributed by atoms with Crippen LogP contribution in [0.3, 0.4) is 0 Å².